The van der Waals surface area contributed by atoms with Crippen LogP contribution in [-0.2, 0) is 5.41 Å². The van der Waals surface area contributed by atoms with Crippen LogP contribution in [0, 0.1) is 6.92 Å². The molecule has 1 heterocycles. The van der Waals surface area contributed by atoms with Gasteiger partial charge in [0.25, 0.3) is 0 Å². The molecular weight excluding hydrogens is 210 g/mol. The van der Waals surface area contributed by atoms with Crippen molar-refractivity contribution in [2.45, 2.75) is 57.8 Å². The van der Waals surface area contributed by atoms with Crippen molar-refractivity contribution in [2.24, 2.45) is 5.73 Å². The SMILES string of the molecule is Cc1cc(C2CCCC2)nc(C(C)(C)CN)n1. The first-order valence-corrected chi connectivity index (χ1v) is 6.59. The molecular formula is C14H23N3. The monoisotopic (exact) mass is 233 g/mol. The summed E-state index contributed by atoms with van der Waals surface area (Å²) in [6, 6.07) is 2.14. The Bertz CT molecular complexity index is 392. The van der Waals surface area contributed by atoms with E-state index in [2.05, 4.69) is 31.8 Å². The average molecular weight is 233 g/mol. The summed E-state index contributed by atoms with van der Waals surface area (Å²) < 4.78 is 0. The van der Waals surface area contributed by atoms with Crippen molar-refractivity contribution >= 4 is 0 Å². The van der Waals surface area contributed by atoms with Gasteiger partial charge in [-0.15, -0.1) is 0 Å². The minimum atomic E-state index is -0.126. The molecule has 0 unspecified atom stereocenters. The molecule has 0 spiro atoms. The van der Waals surface area contributed by atoms with Gasteiger partial charge in [0.15, 0.2) is 0 Å². The van der Waals surface area contributed by atoms with E-state index in [1.807, 2.05) is 0 Å². The molecule has 3 heteroatoms. The zero-order valence-corrected chi connectivity index (χ0v) is 11.2. The molecule has 2 rings (SSSR count). The zero-order chi connectivity index (χ0) is 12.5. The summed E-state index contributed by atoms with van der Waals surface area (Å²) in [5, 5.41) is 0. The highest BCUT2D eigenvalue weighted by Crippen LogP contribution is 2.33. The summed E-state index contributed by atoms with van der Waals surface area (Å²) in [6.07, 6.45) is 5.23. The van der Waals surface area contributed by atoms with Gasteiger partial charge in [-0.2, -0.15) is 0 Å². The van der Waals surface area contributed by atoms with Gasteiger partial charge in [-0.05, 0) is 25.8 Å². The Labute approximate surface area is 104 Å². The van der Waals surface area contributed by atoms with Crippen LogP contribution in [-0.4, -0.2) is 16.5 Å². The Balaban J connectivity index is 2.35. The standard InChI is InChI=1S/C14H23N3/c1-10-8-12(11-6-4-5-7-11)17-13(16-10)14(2,3)9-15/h8,11H,4-7,9,15H2,1-3H3. The van der Waals surface area contributed by atoms with Gasteiger partial charge in [0, 0.05) is 29.3 Å². The third kappa shape index (κ3) is 2.65. The minimum Gasteiger partial charge on any atom is -0.329 e. The van der Waals surface area contributed by atoms with Crippen molar-refractivity contribution in [3.05, 3.63) is 23.3 Å². The van der Waals surface area contributed by atoms with Gasteiger partial charge in [0.05, 0.1) is 0 Å². The van der Waals surface area contributed by atoms with Crippen LogP contribution >= 0.6 is 0 Å². The van der Waals surface area contributed by atoms with E-state index in [0.717, 1.165) is 11.5 Å². The minimum absolute atomic E-state index is 0.126. The van der Waals surface area contributed by atoms with E-state index in [1.165, 1.54) is 31.4 Å². The molecule has 1 saturated carbocycles. The van der Waals surface area contributed by atoms with Gasteiger partial charge in [-0.1, -0.05) is 26.7 Å². The molecule has 17 heavy (non-hydrogen) atoms. The van der Waals surface area contributed by atoms with Crippen LogP contribution in [0.25, 0.3) is 0 Å². The normalized spacial score (nSPS) is 17.6. The number of hydrogen-bond acceptors (Lipinski definition) is 3. The van der Waals surface area contributed by atoms with Gasteiger partial charge in [-0.3, -0.25) is 0 Å². The molecule has 0 radical (unpaired) electrons. The Hall–Kier alpha value is -0.960. The van der Waals surface area contributed by atoms with Gasteiger partial charge < -0.3 is 5.73 Å². The van der Waals surface area contributed by atoms with Crippen molar-refractivity contribution < 1.29 is 0 Å². The van der Waals surface area contributed by atoms with E-state index in [1.54, 1.807) is 0 Å². The summed E-state index contributed by atoms with van der Waals surface area (Å²) in [5.41, 5.74) is 7.98. The topological polar surface area (TPSA) is 51.8 Å². The number of nitrogens with zero attached hydrogens (tertiary/aromatic N) is 2. The molecule has 3 nitrogen and oxygen atoms in total. The third-order valence-electron chi connectivity index (χ3n) is 3.76. The molecule has 1 aliphatic carbocycles. The van der Waals surface area contributed by atoms with Crippen LogP contribution in [0.2, 0.25) is 0 Å². The Morgan fingerprint density at radius 2 is 1.94 bits per heavy atom. The predicted octanol–water partition coefficient (Wildman–Crippen LogP) is 2.68. The van der Waals surface area contributed by atoms with Crippen LogP contribution in [0.5, 0.6) is 0 Å². The molecule has 0 bridgehead atoms. The molecule has 1 aliphatic rings. The number of hydrogen-bond donors (Lipinski definition) is 1. The van der Waals surface area contributed by atoms with Crippen molar-refractivity contribution in [1.82, 2.24) is 9.97 Å². The van der Waals surface area contributed by atoms with Gasteiger partial charge in [-0.25, -0.2) is 9.97 Å². The van der Waals surface area contributed by atoms with Gasteiger partial charge in [0.1, 0.15) is 5.82 Å². The highest BCUT2D eigenvalue weighted by molar-refractivity contribution is 5.19. The van der Waals surface area contributed by atoms with Crippen molar-refractivity contribution in [3.8, 4) is 0 Å². The largest absolute Gasteiger partial charge is 0.329 e. The number of aryl methyl sites for hydroxylation is 1. The summed E-state index contributed by atoms with van der Waals surface area (Å²) in [5.74, 6) is 1.55. The molecule has 1 fully saturated rings. The fraction of sp³-hybridized carbons (Fsp3) is 0.714. The number of rotatable bonds is 3. The lowest BCUT2D eigenvalue weighted by molar-refractivity contribution is 0.494. The Morgan fingerprint density at radius 1 is 1.29 bits per heavy atom. The zero-order valence-electron chi connectivity index (χ0n) is 11.2. The van der Waals surface area contributed by atoms with Gasteiger partial charge in [0.2, 0.25) is 0 Å². The predicted molar refractivity (Wildman–Crippen MR) is 70.1 cm³/mol. The summed E-state index contributed by atoms with van der Waals surface area (Å²) in [4.78, 5) is 9.32. The van der Waals surface area contributed by atoms with Crippen molar-refractivity contribution in [3.63, 3.8) is 0 Å². The maximum absolute atomic E-state index is 5.81. The lowest BCUT2D eigenvalue weighted by Gasteiger charge is -2.22. The van der Waals surface area contributed by atoms with Crippen LogP contribution in [0.1, 0.15) is 62.7 Å². The summed E-state index contributed by atoms with van der Waals surface area (Å²) >= 11 is 0. The smallest absolute Gasteiger partial charge is 0.135 e. The first kappa shape index (κ1) is 12.5. The van der Waals surface area contributed by atoms with E-state index < -0.39 is 0 Å². The van der Waals surface area contributed by atoms with E-state index >= 15 is 0 Å². The lowest BCUT2D eigenvalue weighted by Crippen LogP contribution is -2.31. The van der Waals surface area contributed by atoms with Gasteiger partial charge >= 0.3 is 0 Å². The average Bonchev–Trinajstić information content (AvgIpc) is 2.81. The number of aromatic nitrogens is 2. The molecule has 0 atom stereocenters. The molecule has 2 N–H and O–H groups in total. The first-order chi connectivity index (χ1) is 8.03. The van der Waals surface area contributed by atoms with Crippen molar-refractivity contribution in [2.75, 3.05) is 6.54 Å². The molecule has 0 aliphatic heterocycles. The summed E-state index contributed by atoms with van der Waals surface area (Å²) in [6.45, 7) is 6.86. The molecule has 1 aromatic rings. The molecule has 94 valence electrons. The third-order valence-corrected chi connectivity index (χ3v) is 3.76. The maximum atomic E-state index is 5.81. The molecule has 0 aromatic carbocycles. The second kappa shape index (κ2) is 4.73. The van der Waals surface area contributed by atoms with Crippen LogP contribution in [0.4, 0.5) is 0 Å². The highest BCUT2D eigenvalue weighted by atomic mass is 14.9. The van der Waals surface area contributed by atoms with Crippen LogP contribution < -0.4 is 5.73 Å². The van der Waals surface area contributed by atoms with E-state index in [-0.39, 0.29) is 5.41 Å². The molecule has 0 amide bonds. The summed E-state index contributed by atoms with van der Waals surface area (Å²) in [7, 11) is 0. The second-order valence-corrected chi connectivity index (χ2v) is 5.83. The fourth-order valence-electron chi connectivity index (χ4n) is 2.42. The maximum Gasteiger partial charge on any atom is 0.135 e. The lowest BCUT2D eigenvalue weighted by atomic mass is 9.92. The van der Waals surface area contributed by atoms with E-state index in [9.17, 15) is 0 Å². The second-order valence-electron chi connectivity index (χ2n) is 5.83. The fourth-order valence-corrected chi connectivity index (χ4v) is 2.42. The van der Waals surface area contributed by atoms with Crippen LogP contribution in [0.3, 0.4) is 0 Å². The first-order valence-electron chi connectivity index (χ1n) is 6.59. The van der Waals surface area contributed by atoms with Crippen LogP contribution in [0.15, 0.2) is 6.07 Å². The van der Waals surface area contributed by atoms with Crippen molar-refractivity contribution in [1.29, 1.82) is 0 Å². The Kier molecular flexibility index (Phi) is 3.48. The van der Waals surface area contributed by atoms with E-state index in [4.69, 9.17) is 10.7 Å². The Morgan fingerprint density at radius 3 is 2.53 bits per heavy atom. The quantitative estimate of drug-likeness (QED) is 0.873. The molecule has 1 aromatic heterocycles. The highest BCUT2D eigenvalue weighted by Gasteiger charge is 2.25. The number of nitrogens with two attached hydrogens (primary N) is 1. The van der Waals surface area contributed by atoms with E-state index in [0.29, 0.717) is 12.5 Å². The molecule has 0 saturated heterocycles.